The highest BCUT2D eigenvalue weighted by molar-refractivity contribution is 6.30. The van der Waals surface area contributed by atoms with Gasteiger partial charge in [-0.3, -0.25) is 0 Å². The van der Waals surface area contributed by atoms with Gasteiger partial charge in [0.1, 0.15) is 0 Å². The lowest BCUT2D eigenvalue weighted by Gasteiger charge is -2.31. The first kappa shape index (κ1) is 10.3. The monoisotopic (exact) mass is 236 g/mol. The van der Waals surface area contributed by atoms with E-state index in [1.165, 1.54) is 25.7 Å². The van der Waals surface area contributed by atoms with E-state index < -0.39 is 0 Å². The van der Waals surface area contributed by atoms with Crippen LogP contribution in [0, 0.1) is 11.8 Å². The molecule has 1 aliphatic carbocycles. The highest BCUT2D eigenvalue weighted by Crippen LogP contribution is 2.44. The van der Waals surface area contributed by atoms with E-state index >= 15 is 0 Å². The van der Waals surface area contributed by atoms with Crippen molar-refractivity contribution in [2.45, 2.75) is 25.7 Å². The third-order valence-electron chi connectivity index (χ3n) is 3.50. The third-order valence-corrected chi connectivity index (χ3v) is 3.70. The van der Waals surface area contributed by atoms with Crippen LogP contribution in [-0.2, 0) is 0 Å². The summed E-state index contributed by atoms with van der Waals surface area (Å²) in [5.41, 5.74) is 0. The number of rotatable bonds is 2. The molecule has 16 heavy (non-hydrogen) atoms. The molecule has 3 nitrogen and oxygen atoms in total. The minimum absolute atomic E-state index is 0.604. The van der Waals surface area contributed by atoms with Gasteiger partial charge in [-0.05, 0) is 37.5 Å². The van der Waals surface area contributed by atoms with Gasteiger partial charge in [-0.25, -0.2) is 9.97 Å². The molecule has 1 saturated carbocycles. The molecule has 0 amide bonds. The van der Waals surface area contributed by atoms with Gasteiger partial charge in [0.05, 0.1) is 17.4 Å². The van der Waals surface area contributed by atoms with Crippen LogP contribution in [0.2, 0.25) is 5.02 Å². The molecule has 0 bridgehead atoms. The number of aromatic nitrogens is 2. The van der Waals surface area contributed by atoms with Crippen molar-refractivity contribution in [3.8, 4) is 0 Å². The molecule has 4 heteroatoms. The Kier molecular flexibility index (Phi) is 2.72. The van der Waals surface area contributed by atoms with Crippen molar-refractivity contribution >= 4 is 17.5 Å². The molecule has 3 rings (SSSR count). The van der Waals surface area contributed by atoms with E-state index in [0.29, 0.717) is 5.02 Å². The minimum atomic E-state index is 0.604. The summed E-state index contributed by atoms with van der Waals surface area (Å²) in [6.45, 7) is 2.16. The molecule has 0 spiro atoms. The van der Waals surface area contributed by atoms with Crippen LogP contribution >= 0.6 is 11.6 Å². The second kappa shape index (κ2) is 4.21. The van der Waals surface area contributed by atoms with Crippen LogP contribution in [0.5, 0.6) is 0 Å². The fraction of sp³-hybridized carbons (Fsp3) is 0.583. The van der Waals surface area contributed by atoms with E-state index in [2.05, 4.69) is 14.9 Å². The van der Waals surface area contributed by atoms with Gasteiger partial charge in [-0.2, -0.15) is 0 Å². The third kappa shape index (κ3) is 2.14. The summed E-state index contributed by atoms with van der Waals surface area (Å²) in [7, 11) is 0. The van der Waals surface area contributed by atoms with E-state index in [0.717, 1.165) is 25.0 Å². The molecule has 0 atom stereocenters. The number of hydrogen-bond donors (Lipinski definition) is 0. The number of anilines is 1. The lowest BCUT2D eigenvalue weighted by Crippen LogP contribution is -2.35. The Balaban J connectivity index is 1.62. The SMILES string of the molecule is Clc1cnc(N2CCC([C]3CC3)CC2)nc1. The van der Waals surface area contributed by atoms with Crippen LogP contribution < -0.4 is 4.90 Å². The van der Waals surface area contributed by atoms with Gasteiger partial charge in [0.25, 0.3) is 0 Å². The zero-order valence-electron chi connectivity index (χ0n) is 9.19. The smallest absolute Gasteiger partial charge is 0.225 e. The highest BCUT2D eigenvalue weighted by atomic mass is 35.5. The summed E-state index contributed by atoms with van der Waals surface area (Å²) in [6.07, 6.45) is 8.63. The first-order valence-electron chi connectivity index (χ1n) is 5.90. The van der Waals surface area contributed by atoms with E-state index in [-0.39, 0.29) is 0 Å². The maximum absolute atomic E-state index is 5.78. The van der Waals surface area contributed by atoms with Gasteiger partial charge in [-0.15, -0.1) is 0 Å². The van der Waals surface area contributed by atoms with Gasteiger partial charge in [0.15, 0.2) is 0 Å². The second-order valence-electron chi connectivity index (χ2n) is 4.62. The zero-order valence-corrected chi connectivity index (χ0v) is 9.95. The van der Waals surface area contributed by atoms with Crippen molar-refractivity contribution < 1.29 is 0 Å². The van der Waals surface area contributed by atoms with Crippen LogP contribution in [-0.4, -0.2) is 23.1 Å². The van der Waals surface area contributed by atoms with Crippen LogP contribution in [0.3, 0.4) is 0 Å². The van der Waals surface area contributed by atoms with Crippen LogP contribution in [0.15, 0.2) is 12.4 Å². The Morgan fingerprint density at radius 1 is 1.12 bits per heavy atom. The number of nitrogens with zero attached hydrogens (tertiary/aromatic N) is 3. The number of halogens is 1. The molecule has 0 aromatic carbocycles. The topological polar surface area (TPSA) is 29.0 Å². The Labute approximate surface area is 101 Å². The average Bonchev–Trinajstić information content (AvgIpc) is 3.14. The van der Waals surface area contributed by atoms with E-state index in [1.807, 2.05) is 0 Å². The molecule has 2 fully saturated rings. The molecule has 1 saturated heterocycles. The Hall–Kier alpha value is -0.830. The normalized spacial score (nSPS) is 22.4. The second-order valence-corrected chi connectivity index (χ2v) is 5.06. The fourth-order valence-electron chi connectivity index (χ4n) is 2.44. The standard InChI is InChI=1S/C12H15ClN3/c13-11-7-14-12(15-8-11)16-5-3-10(4-6-16)9-1-2-9/h7-8,10H,1-6H2. The predicted molar refractivity (Wildman–Crippen MR) is 64.5 cm³/mol. The van der Waals surface area contributed by atoms with Gasteiger partial charge >= 0.3 is 0 Å². The van der Waals surface area contributed by atoms with Crippen LogP contribution in [0.25, 0.3) is 0 Å². The minimum Gasteiger partial charge on any atom is -0.341 e. The van der Waals surface area contributed by atoms with Gasteiger partial charge in [0.2, 0.25) is 5.95 Å². The molecule has 0 unspecified atom stereocenters. The van der Waals surface area contributed by atoms with Gasteiger partial charge in [0, 0.05) is 13.1 Å². The molecule has 85 valence electrons. The van der Waals surface area contributed by atoms with Crippen molar-refractivity contribution in [3.63, 3.8) is 0 Å². The van der Waals surface area contributed by atoms with Gasteiger partial charge < -0.3 is 4.90 Å². The summed E-state index contributed by atoms with van der Waals surface area (Å²) >= 11 is 5.78. The van der Waals surface area contributed by atoms with Crippen molar-refractivity contribution in [2.75, 3.05) is 18.0 Å². The lowest BCUT2D eigenvalue weighted by atomic mass is 9.92. The van der Waals surface area contributed by atoms with Crippen molar-refractivity contribution in [3.05, 3.63) is 23.3 Å². The zero-order chi connectivity index (χ0) is 11.0. The highest BCUT2D eigenvalue weighted by Gasteiger charge is 2.34. The van der Waals surface area contributed by atoms with Gasteiger partial charge in [-0.1, -0.05) is 11.6 Å². The number of piperidine rings is 1. The molecule has 1 aliphatic heterocycles. The van der Waals surface area contributed by atoms with Crippen molar-refractivity contribution in [2.24, 2.45) is 5.92 Å². The lowest BCUT2D eigenvalue weighted by molar-refractivity contribution is 0.440. The maximum Gasteiger partial charge on any atom is 0.225 e. The summed E-state index contributed by atoms with van der Waals surface area (Å²) < 4.78 is 0. The van der Waals surface area contributed by atoms with E-state index in [9.17, 15) is 0 Å². The Morgan fingerprint density at radius 3 is 2.31 bits per heavy atom. The molecule has 2 heterocycles. The summed E-state index contributed by atoms with van der Waals surface area (Å²) in [5.74, 6) is 3.49. The fourth-order valence-corrected chi connectivity index (χ4v) is 2.53. The molecule has 1 radical (unpaired) electrons. The summed E-state index contributed by atoms with van der Waals surface area (Å²) in [4.78, 5) is 10.8. The Morgan fingerprint density at radius 2 is 1.75 bits per heavy atom. The molecule has 1 aromatic heterocycles. The largest absolute Gasteiger partial charge is 0.341 e. The number of hydrogen-bond acceptors (Lipinski definition) is 3. The predicted octanol–water partition coefficient (Wildman–Crippen LogP) is 2.71. The quantitative estimate of drug-likeness (QED) is 0.791. The first-order chi connectivity index (χ1) is 7.83. The first-order valence-corrected chi connectivity index (χ1v) is 6.28. The molecule has 1 aromatic rings. The van der Waals surface area contributed by atoms with Crippen LogP contribution in [0.4, 0.5) is 5.95 Å². The molecular formula is C12H15ClN3. The average molecular weight is 237 g/mol. The summed E-state index contributed by atoms with van der Waals surface area (Å²) in [6, 6.07) is 0. The maximum atomic E-state index is 5.78. The summed E-state index contributed by atoms with van der Waals surface area (Å²) in [5, 5.41) is 0.604. The molecular weight excluding hydrogens is 222 g/mol. The van der Waals surface area contributed by atoms with Crippen molar-refractivity contribution in [1.82, 2.24) is 9.97 Å². The molecule has 0 N–H and O–H groups in total. The van der Waals surface area contributed by atoms with Crippen LogP contribution in [0.1, 0.15) is 25.7 Å². The van der Waals surface area contributed by atoms with E-state index in [1.54, 1.807) is 18.3 Å². The molecule has 2 aliphatic rings. The van der Waals surface area contributed by atoms with E-state index in [4.69, 9.17) is 11.6 Å². The Bertz CT molecular complexity index is 353. The van der Waals surface area contributed by atoms with Crippen molar-refractivity contribution in [1.29, 1.82) is 0 Å².